The Morgan fingerprint density at radius 3 is 2.59 bits per heavy atom. The second kappa shape index (κ2) is 8.84. The molecular formula is C23H22N4OS. The SMILES string of the molecule is CCc1ccc(Nc2nc(C(=O)NCCc3cccs3)nc3ccccc23)cc1. The largest absolute Gasteiger partial charge is 0.349 e. The van der Waals surface area contributed by atoms with Crippen LogP contribution in [0.3, 0.4) is 0 Å². The molecule has 0 unspecified atom stereocenters. The first-order valence-corrected chi connectivity index (χ1v) is 10.5. The number of nitrogens with one attached hydrogen (secondary N) is 2. The lowest BCUT2D eigenvalue weighted by atomic mass is 10.1. The van der Waals surface area contributed by atoms with Gasteiger partial charge in [0.25, 0.3) is 5.91 Å². The predicted molar refractivity (Wildman–Crippen MR) is 119 cm³/mol. The van der Waals surface area contributed by atoms with Gasteiger partial charge < -0.3 is 10.6 Å². The highest BCUT2D eigenvalue weighted by atomic mass is 32.1. The molecule has 146 valence electrons. The van der Waals surface area contributed by atoms with Gasteiger partial charge >= 0.3 is 0 Å². The number of nitrogens with zero attached hydrogens (tertiary/aromatic N) is 2. The summed E-state index contributed by atoms with van der Waals surface area (Å²) in [6.07, 6.45) is 1.79. The van der Waals surface area contributed by atoms with Gasteiger partial charge in [-0.2, -0.15) is 0 Å². The molecule has 4 rings (SSSR count). The molecule has 0 aliphatic heterocycles. The van der Waals surface area contributed by atoms with Gasteiger partial charge in [-0.15, -0.1) is 11.3 Å². The lowest BCUT2D eigenvalue weighted by Crippen LogP contribution is -2.27. The summed E-state index contributed by atoms with van der Waals surface area (Å²) in [6.45, 7) is 2.68. The molecule has 4 aromatic rings. The van der Waals surface area contributed by atoms with Crippen molar-refractivity contribution in [2.24, 2.45) is 0 Å². The molecule has 29 heavy (non-hydrogen) atoms. The third-order valence-corrected chi connectivity index (χ3v) is 5.60. The Morgan fingerprint density at radius 1 is 1.00 bits per heavy atom. The molecule has 5 nitrogen and oxygen atoms in total. The van der Waals surface area contributed by atoms with E-state index in [2.05, 4.69) is 45.7 Å². The van der Waals surface area contributed by atoms with Crippen LogP contribution in [0.25, 0.3) is 10.9 Å². The van der Waals surface area contributed by atoms with E-state index in [0.29, 0.717) is 12.4 Å². The predicted octanol–water partition coefficient (Wildman–Crippen LogP) is 4.97. The van der Waals surface area contributed by atoms with Gasteiger partial charge in [-0.05, 0) is 54.1 Å². The van der Waals surface area contributed by atoms with Crippen LogP contribution in [0.5, 0.6) is 0 Å². The number of amides is 1. The molecule has 0 bridgehead atoms. The summed E-state index contributed by atoms with van der Waals surface area (Å²) in [7, 11) is 0. The van der Waals surface area contributed by atoms with Gasteiger partial charge in [0.05, 0.1) is 5.52 Å². The van der Waals surface area contributed by atoms with Crippen molar-refractivity contribution in [2.45, 2.75) is 19.8 Å². The summed E-state index contributed by atoms with van der Waals surface area (Å²) in [5, 5.41) is 9.18. The average Bonchev–Trinajstić information content (AvgIpc) is 3.27. The molecule has 0 radical (unpaired) electrons. The second-order valence-corrected chi connectivity index (χ2v) is 7.71. The van der Waals surface area contributed by atoms with E-state index in [1.54, 1.807) is 11.3 Å². The van der Waals surface area contributed by atoms with Crippen molar-refractivity contribution in [1.29, 1.82) is 0 Å². The third kappa shape index (κ3) is 4.60. The zero-order valence-corrected chi connectivity index (χ0v) is 17.0. The zero-order valence-electron chi connectivity index (χ0n) is 16.2. The second-order valence-electron chi connectivity index (χ2n) is 6.67. The van der Waals surface area contributed by atoms with Crippen molar-refractivity contribution in [1.82, 2.24) is 15.3 Å². The Bertz CT molecular complexity index is 1110. The van der Waals surface area contributed by atoms with Crippen molar-refractivity contribution < 1.29 is 4.79 Å². The van der Waals surface area contributed by atoms with Crippen molar-refractivity contribution in [3.05, 3.63) is 82.3 Å². The summed E-state index contributed by atoms with van der Waals surface area (Å²) < 4.78 is 0. The van der Waals surface area contributed by atoms with Gasteiger partial charge in [0.1, 0.15) is 5.82 Å². The molecule has 0 aliphatic rings. The molecule has 0 atom stereocenters. The number of hydrogen-bond acceptors (Lipinski definition) is 5. The molecule has 1 amide bonds. The normalized spacial score (nSPS) is 10.8. The van der Waals surface area contributed by atoms with Crippen molar-refractivity contribution in [2.75, 3.05) is 11.9 Å². The number of anilines is 2. The first-order chi connectivity index (χ1) is 14.2. The quantitative estimate of drug-likeness (QED) is 0.458. The number of benzene rings is 2. The monoisotopic (exact) mass is 402 g/mol. The van der Waals surface area contributed by atoms with Crippen LogP contribution in [0.1, 0.15) is 28.0 Å². The summed E-state index contributed by atoms with van der Waals surface area (Å²) in [5.41, 5.74) is 2.93. The number of thiophene rings is 1. The van der Waals surface area contributed by atoms with Crippen LogP contribution >= 0.6 is 11.3 Å². The molecule has 0 saturated heterocycles. The van der Waals surface area contributed by atoms with Crippen LogP contribution in [0, 0.1) is 0 Å². The number of carbonyl (C=O) groups excluding carboxylic acids is 1. The minimum absolute atomic E-state index is 0.169. The minimum atomic E-state index is -0.267. The van der Waals surface area contributed by atoms with E-state index < -0.39 is 0 Å². The molecule has 2 aromatic carbocycles. The van der Waals surface area contributed by atoms with Crippen LogP contribution < -0.4 is 10.6 Å². The van der Waals surface area contributed by atoms with Crippen LogP contribution in [0.4, 0.5) is 11.5 Å². The maximum atomic E-state index is 12.6. The summed E-state index contributed by atoms with van der Waals surface area (Å²) in [4.78, 5) is 22.9. The smallest absolute Gasteiger partial charge is 0.289 e. The van der Waals surface area contributed by atoms with E-state index in [0.717, 1.165) is 29.4 Å². The molecular weight excluding hydrogens is 380 g/mol. The van der Waals surface area contributed by atoms with Gasteiger partial charge in [-0.3, -0.25) is 4.79 Å². The maximum Gasteiger partial charge on any atom is 0.289 e. The number of hydrogen-bond donors (Lipinski definition) is 2. The zero-order chi connectivity index (χ0) is 20.1. The fraction of sp³-hybridized carbons (Fsp3) is 0.174. The van der Waals surface area contributed by atoms with Gasteiger partial charge in [0, 0.05) is 22.5 Å². The lowest BCUT2D eigenvalue weighted by Gasteiger charge is -2.11. The highest BCUT2D eigenvalue weighted by molar-refractivity contribution is 7.09. The van der Waals surface area contributed by atoms with Crippen molar-refractivity contribution in [3.8, 4) is 0 Å². The number of para-hydroxylation sites is 1. The van der Waals surface area contributed by atoms with E-state index in [1.807, 2.05) is 47.8 Å². The van der Waals surface area contributed by atoms with E-state index in [-0.39, 0.29) is 11.7 Å². The van der Waals surface area contributed by atoms with E-state index in [4.69, 9.17) is 0 Å². The molecule has 2 heterocycles. The van der Waals surface area contributed by atoms with E-state index >= 15 is 0 Å². The molecule has 2 aromatic heterocycles. The first kappa shape index (κ1) is 19.1. The Balaban J connectivity index is 1.56. The fourth-order valence-corrected chi connectivity index (χ4v) is 3.78. The van der Waals surface area contributed by atoms with Crippen LogP contribution in [-0.4, -0.2) is 22.4 Å². The minimum Gasteiger partial charge on any atom is -0.349 e. The van der Waals surface area contributed by atoms with Crippen LogP contribution in [0.2, 0.25) is 0 Å². The molecule has 0 aliphatic carbocycles. The Hall–Kier alpha value is -3.25. The molecule has 6 heteroatoms. The summed E-state index contributed by atoms with van der Waals surface area (Å²) in [6, 6.07) is 20.0. The Morgan fingerprint density at radius 2 is 1.83 bits per heavy atom. The highest BCUT2D eigenvalue weighted by Gasteiger charge is 2.14. The maximum absolute atomic E-state index is 12.6. The topological polar surface area (TPSA) is 66.9 Å². The van der Waals surface area contributed by atoms with E-state index in [9.17, 15) is 4.79 Å². The Labute approximate surface area is 173 Å². The lowest BCUT2D eigenvalue weighted by molar-refractivity contribution is 0.0944. The van der Waals surface area contributed by atoms with Gasteiger partial charge in [-0.1, -0.05) is 37.3 Å². The van der Waals surface area contributed by atoms with Crippen LogP contribution in [-0.2, 0) is 12.8 Å². The molecule has 2 N–H and O–H groups in total. The van der Waals surface area contributed by atoms with Crippen molar-refractivity contribution >= 4 is 39.7 Å². The number of aryl methyl sites for hydroxylation is 1. The van der Waals surface area contributed by atoms with Crippen molar-refractivity contribution in [3.63, 3.8) is 0 Å². The van der Waals surface area contributed by atoms with E-state index in [1.165, 1.54) is 10.4 Å². The number of fused-ring (bicyclic) bond motifs is 1. The molecule has 0 saturated carbocycles. The van der Waals surface area contributed by atoms with Gasteiger partial charge in [0.15, 0.2) is 0 Å². The number of rotatable bonds is 7. The standard InChI is InChI=1S/C23H22N4OS/c1-2-16-9-11-17(12-10-16)25-21-19-7-3-4-8-20(19)26-22(27-21)23(28)24-14-13-18-6-5-15-29-18/h3-12,15H,2,13-14H2,1H3,(H,24,28)(H,25,26,27). The first-order valence-electron chi connectivity index (χ1n) is 9.66. The average molecular weight is 403 g/mol. The summed E-state index contributed by atoms with van der Waals surface area (Å²) in [5.74, 6) is 0.530. The Kier molecular flexibility index (Phi) is 5.81. The molecule has 0 fully saturated rings. The number of carbonyl (C=O) groups is 1. The molecule has 0 spiro atoms. The van der Waals surface area contributed by atoms with Gasteiger partial charge in [-0.25, -0.2) is 9.97 Å². The van der Waals surface area contributed by atoms with Crippen LogP contribution in [0.15, 0.2) is 66.0 Å². The van der Waals surface area contributed by atoms with Gasteiger partial charge in [0.2, 0.25) is 5.82 Å². The summed E-state index contributed by atoms with van der Waals surface area (Å²) >= 11 is 1.69. The highest BCUT2D eigenvalue weighted by Crippen LogP contribution is 2.24. The third-order valence-electron chi connectivity index (χ3n) is 4.67. The fourth-order valence-electron chi connectivity index (χ4n) is 3.07. The number of aromatic nitrogens is 2.